The zero-order valence-corrected chi connectivity index (χ0v) is 12.4. The molecule has 0 spiro atoms. The number of para-hydroxylation sites is 1. The molecule has 0 radical (unpaired) electrons. The maximum atomic E-state index is 11.7. The van der Waals surface area contributed by atoms with E-state index in [0.29, 0.717) is 12.5 Å². The Morgan fingerprint density at radius 1 is 1.50 bits per heavy atom. The quantitative estimate of drug-likeness (QED) is 0.831. The number of H-pyrrole nitrogens is 1. The summed E-state index contributed by atoms with van der Waals surface area (Å²) in [7, 11) is 0. The molecule has 0 unspecified atom stereocenters. The molecule has 0 atom stereocenters. The highest BCUT2D eigenvalue weighted by atomic mass is 32.1. The van der Waals surface area contributed by atoms with E-state index in [-0.39, 0.29) is 5.91 Å². The summed E-state index contributed by atoms with van der Waals surface area (Å²) >= 11 is 5.38. The van der Waals surface area contributed by atoms with Crippen molar-refractivity contribution in [1.82, 2.24) is 14.9 Å². The number of aromatic amines is 1. The van der Waals surface area contributed by atoms with Crippen LogP contribution in [0.4, 0.5) is 0 Å². The van der Waals surface area contributed by atoms with Crippen LogP contribution in [0.15, 0.2) is 18.2 Å². The van der Waals surface area contributed by atoms with Gasteiger partial charge in [-0.05, 0) is 50.0 Å². The third kappa shape index (κ3) is 2.77. The number of hydrogen-bond acceptors (Lipinski definition) is 2. The van der Waals surface area contributed by atoms with Crippen LogP contribution >= 0.6 is 12.2 Å². The van der Waals surface area contributed by atoms with Gasteiger partial charge in [0.2, 0.25) is 5.91 Å². The van der Waals surface area contributed by atoms with Gasteiger partial charge in [0, 0.05) is 19.0 Å². The van der Waals surface area contributed by atoms with E-state index in [4.69, 9.17) is 12.2 Å². The largest absolute Gasteiger partial charge is 0.353 e. The Bertz CT molecular complexity index is 697. The van der Waals surface area contributed by atoms with Gasteiger partial charge in [-0.3, -0.25) is 4.79 Å². The fourth-order valence-electron chi connectivity index (χ4n) is 2.47. The molecule has 1 aromatic heterocycles. The van der Waals surface area contributed by atoms with Crippen molar-refractivity contribution in [2.24, 2.45) is 0 Å². The second kappa shape index (κ2) is 5.40. The highest BCUT2D eigenvalue weighted by Gasteiger charge is 2.22. The monoisotopic (exact) mass is 289 g/mol. The van der Waals surface area contributed by atoms with Gasteiger partial charge in [0.15, 0.2) is 4.77 Å². The van der Waals surface area contributed by atoms with Crippen molar-refractivity contribution in [3.8, 4) is 0 Å². The van der Waals surface area contributed by atoms with Gasteiger partial charge in [-0.15, -0.1) is 0 Å². The predicted octanol–water partition coefficient (Wildman–Crippen LogP) is 3.07. The normalized spacial score (nSPS) is 14.7. The lowest BCUT2D eigenvalue weighted by Crippen LogP contribution is -2.25. The molecule has 20 heavy (non-hydrogen) atoms. The van der Waals surface area contributed by atoms with Crippen LogP contribution in [0.3, 0.4) is 0 Å². The van der Waals surface area contributed by atoms with Crippen molar-refractivity contribution < 1.29 is 4.79 Å². The lowest BCUT2D eigenvalue weighted by molar-refractivity contribution is -0.121. The van der Waals surface area contributed by atoms with Gasteiger partial charge in [-0.25, -0.2) is 0 Å². The van der Waals surface area contributed by atoms with E-state index in [1.807, 2.05) is 6.07 Å². The Balaban J connectivity index is 1.67. The average molecular weight is 289 g/mol. The first-order valence-corrected chi connectivity index (χ1v) is 7.53. The van der Waals surface area contributed by atoms with Crippen LogP contribution in [-0.2, 0) is 11.3 Å². The number of carbonyl (C=O) groups excluding carboxylic acids is 1. The van der Waals surface area contributed by atoms with E-state index in [1.165, 1.54) is 5.56 Å². The second-order valence-corrected chi connectivity index (χ2v) is 5.88. The number of nitrogens with one attached hydrogen (secondary N) is 2. The first-order chi connectivity index (χ1) is 9.65. The minimum absolute atomic E-state index is 0.162. The molecule has 1 saturated carbocycles. The van der Waals surface area contributed by atoms with Crippen LogP contribution in [-0.4, -0.2) is 21.5 Å². The predicted molar refractivity (Wildman–Crippen MR) is 82.3 cm³/mol. The van der Waals surface area contributed by atoms with E-state index >= 15 is 0 Å². The Kier molecular flexibility index (Phi) is 3.61. The van der Waals surface area contributed by atoms with Gasteiger partial charge in [-0.1, -0.05) is 12.1 Å². The number of nitrogens with zero attached hydrogens (tertiary/aromatic N) is 1. The lowest BCUT2D eigenvalue weighted by atomic mass is 10.2. The Morgan fingerprint density at radius 3 is 3.05 bits per heavy atom. The Morgan fingerprint density at radius 2 is 2.30 bits per heavy atom. The van der Waals surface area contributed by atoms with E-state index in [0.717, 1.165) is 41.6 Å². The molecule has 4 nitrogen and oxygen atoms in total. The smallest absolute Gasteiger partial charge is 0.220 e. The summed E-state index contributed by atoms with van der Waals surface area (Å²) in [6.45, 7) is 2.85. The van der Waals surface area contributed by atoms with Crippen molar-refractivity contribution in [2.45, 2.75) is 45.2 Å². The SMILES string of the molecule is Cc1cccc2c1[nH]c(=S)n2CCCC(=O)NC1CC1. The van der Waals surface area contributed by atoms with Gasteiger partial charge in [-0.2, -0.15) is 0 Å². The number of hydrogen-bond donors (Lipinski definition) is 2. The first-order valence-electron chi connectivity index (χ1n) is 7.12. The van der Waals surface area contributed by atoms with Crippen molar-refractivity contribution >= 4 is 29.2 Å². The molecule has 106 valence electrons. The number of carbonyl (C=O) groups is 1. The second-order valence-electron chi connectivity index (χ2n) is 5.50. The lowest BCUT2D eigenvalue weighted by Gasteiger charge is -2.06. The summed E-state index contributed by atoms with van der Waals surface area (Å²) in [4.78, 5) is 14.9. The van der Waals surface area contributed by atoms with Crippen molar-refractivity contribution in [3.63, 3.8) is 0 Å². The molecule has 3 rings (SSSR count). The van der Waals surface area contributed by atoms with Gasteiger partial charge in [0.1, 0.15) is 0 Å². The molecular weight excluding hydrogens is 270 g/mol. The van der Waals surface area contributed by atoms with Crippen molar-refractivity contribution in [1.29, 1.82) is 0 Å². The maximum absolute atomic E-state index is 11.7. The zero-order chi connectivity index (χ0) is 14.1. The summed E-state index contributed by atoms with van der Waals surface area (Å²) < 4.78 is 2.82. The molecule has 5 heteroatoms. The molecule has 0 bridgehead atoms. The van der Waals surface area contributed by atoms with Gasteiger partial charge in [0.25, 0.3) is 0 Å². The summed E-state index contributed by atoms with van der Waals surface area (Å²) in [5, 5.41) is 3.01. The van der Waals surface area contributed by atoms with Crippen LogP contribution in [0, 0.1) is 11.7 Å². The number of benzene rings is 1. The van der Waals surface area contributed by atoms with E-state index < -0.39 is 0 Å². The molecule has 0 saturated heterocycles. The molecule has 1 aliphatic carbocycles. The van der Waals surface area contributed by atoms with Gasteiger partial charge >= 0.3 is 0 Å². The number of aryl methyl sites for hydroxylation is 2. The zero-order valence-electron chi connectivity index (χ0n) is 11.6. The fraction of sp³-hybridized carbons (Fsp3) is 0.467. The number of imidazole rings is 1. The van der Waals surface area contributed by atoms with E-state index in [2.05, 4.69) is 33.9 Å². The first kappa shape index (κ1) is 13.4. The molecule has 1 aliphatic rings. The molecule has 1 fully saturated rings. The number of rotatable bonds is 5. The van der Waals surface area contributed by atoms with Crippen LogP contribution in [0.1, 0.15) is 31.2 Å². The minimum atomic E-state index is 0.162. The van der Waals surface area contributed by atoms with Gasteiger partial charge < -0.3 is 14.9 Å². The van der Waals surface area contributed by atoms with Crippen LogP contribution in [0.5, 0.6) is 0 Å². The van der Waals surface area contributed by atoms with Crippen molar-refractivity contribution in [3.05, 3.63) is 28.5 Å². The minimum Gasteiger partial charge on any atom is -0.353 e. The molecule has 2 N–H and O–H groups in total. The molecule has 1 amide bonds. The number of fused-ring (bicyclic) bond motifs is 1. The highest BCUT2D eigenvalue weighted by Crippen LogP contribution is 2.20. The summed E-state index contributed by atoms with van der Waals surface area (Å²) in [6, 6.07) is 6.62. The molecule has 1 heterocycles. The van der Waals surface area contributed by atoms with Crippen molar-refractivity contribution in [2.75, 3.05) is 0 Å². The third-order valence-corrected chi connectivity index (χ3v) is 4.07. The standard InChI is InChI=1S/C15H19N3OS/c1-10-4-2-5-12-14(10)17-15(20)18(12)9-3-6-13(19)16-11-7-8-11/h2,4-5,11H,3,6-9H2,1H3,(H,16,19)(H,17,20). The maximum Gasteiger partial charge on any atom is 0.220 e. The molecule has 1 aromatic carbocycles. The summed E-state index contributed by atoms with van der Waals surface area (Å²) in [5.41, 5.74) is 3.41. The van der Waals surface area contributed by atoms with Crippen LogP contribution in [0.2, 0.25) is 0 Å². The molecular formula is C15H19N3OS. The fourth-order valence-corrected chi connectivity index (χ4v) is 2.76. The summed E-state index contributed by atoms with van der Waals surface area (Å²) in [5.74, 6) is 0.162. The molecule has 0 aliphatic heterocycles. The highest BCUT2D eigenvalue weighted by molar-refractivity contribution is 7.71. The Hall–Kier alpha value is -1.62. The molecule has 2 aromatic rings. The van der Waals surface area contributed by atoms with Gasteiger partial charge in [0.05, 0.1) is 11.0 Å². The van der Waals surface area contributed by atoms with Crippen LogP contribution < -0.4 is 5.32 Å². The summed E-state index contributed by atoms with van der Waals surface area (Å²) in [6.07, 6.45) is 3.65. The topological polar surface area (TPSA) is 49.8 Å². The van der Waals surface area contributed by atoms with E-state index in [9.17, 15) is 4.79 Å². The number of aromatic nitrogens is 2. The van der Waals surface area contributed by atoms with E-state index in [1.54, 1.807) is 0 Å². The third-order valence-electron chi connectivity index (χ3n) is 3.75. The average Bonchev–Trinajstić information content (AvgIpc) is 3.15. The van der Waals surface area contributed by atoms with Crippen LogP contribution in [0.25, 0.3) is 11.0 Å². The Labute approximate surface area is 123 Å². The number of amides is 1.